The molecule has 4 heterocycles. The van der Waals surface area contributed by atoms with Crippen LogP contribution in [0.15, 0.2) is 36.9 Å². The number of fused-ring (bicyclic) bond motifs is 2. The minimum absolute atomic E-state index is 0.0322. The average molecular weight is 319 g/mol. The second kappa shape index (κ2) is 4.60. The summed E-state index contributed by atoms with van der Waals surface area (Å²) in [5.41, 5.74) is 3.07. The Morgan fingerprint density at radius 2 is 2.00 bits per heavy atom. The Labute approximate surface area is 136 Å². The summed E-state index contributed by atoms with van der Waals surface area (Å²) >= 11 is 0. The number of carbonyl (C=O) groups excluding carboxylic acids is 1. The summed E-state index contributed by atoms with van der Waals surface area (Å²) in [5, 5.41) is 13.0. The predicted octanol–water partition coefficient (Wildman–Crippen LogP) is 1.99. The first-order valence-corrected chi connectivity index (χ1v) is 7.66. The highest BCUT2D eigenvalue weighted by atomic mass is 16.2. The number of hydrogen-bond donors (Lipinski definition) is 3. The Balaban J connectivity index is 1.47. The summed E-state index contributed by atoms with van der Waals surface area (Å²) in [7, 11) is 0. The van der Waals surface area contributed by atoms with Crippen molar-refractivity contribution >= 4 is 23.4 Å². The van der Waals surface area contributed by atoms with Gasteiger partial charge in [0.2, 0.25) is 11.9 Å². The van der Waals surface area contributed by atoms with Gasteiger partial charge in [0, 0.05) is 29.7 Å². The Morgan fingerprint density at radius 3 is 2.79 bits per heavy atom. The molecule has 24 heavy (non-hydrogen) atoms. The predicted molar refractivity (Wildman–Crippen MR) is 86.7 cm³/mol. The largest absolute Gasteiger partial charge is 0.321 e. The molecule has 1 saturated carbocycles. The molecule has 0 unspecified atom stereocenters. The van der Waals surface area contributed by atoms with Crippen molar-refractivity contribution in [3.8, 4) is 11.3 Å². The van der Waals surface area contributed by atoms with Gasteiger partial charge in [0.1, 0.15) is 5.82 Å². The summed E-state index contributed by atoms with van der Waals surface area (Å²) < 4.78 is 0. The second-order valence-corrected chi connectivity index (χ2v) is 6.01. The summed E-state index contributed by atoms with van der Waals surface area (Å²) in [6.07, 6.45) is 8.59. The van der Waals surface area contributed by atoms with E-state index in [2.05, 4.69) is 35.8 Å². The van der Waals surface area contributed by atoms with Crippen molar-refractivity contribution in [1.29, 1.82) is 0 Å². The van der Waals surface area contributed by atoms with Crippen LogP contribution in [0.1, 0.15) is 18.4 Å². The van der Waals surface area contributed by atoms with E-state index in [-0.39, 0.29) is 11.3 Å². The topological polar surface area (TPSA) is 108 Å². The summed E-state index contributed by atoms with van der Waals surface area (Å²) in [5.74, 6) is 1.05. The molecule has 8 nitrogen and oxygen atoms in total. The zero-order valence-electron chi connectivity index (χ0n) is 12.6. The van der Waals surface area contributed by atoms with Crippen LogP contribution in [0.4, 0.5) is 17.5 Å². The first-order chi connectivity index (χ1) is 11.8. The van der Waals surface area contributed by atoms with Crippen LogP contribution in [0.3, 0.4) is 0 Å². The maximum atomic E-state index is 12.1. The number of anilines is 3. The van der Waals surface area contributed by atoms with E-state index in [0.717, 1.165) is 35.3 Å². The van der Waals surface area contributed by atoms with Crippen molar-refractivity contribution in [2.24, 2.45) is 0 Å². The number of aromatic nitrogens is 5. The van der Waals surface area contributed by atoms with Gasteiger partial charge in [-0.3, -0.25) is 14.9 Å². The van der Waals surface area contributed by atoms with Crippen molar-refractivity contribution in [3.05, 3.63) is 42.5 Å². The third-order valence-corrected chi connectivity index (χ3v) is 4.58. The number of amides is 1. The fourth-order valence-electron chi connectivity index (χ4n) is 3.10. The molecule has 2 aliphatic rings. The number of rotatable bonds is 3. The van der Waals surface area contributed by atoms with Gasteiger partial charge in [0.05, 0.1) is 23.0 Å². The lowest BCUT2D eigenvalue weighted by molar-refractivity contribution is -0.117. The lowest BCUT2D eigenvalue weighted by Gasteiger charge is -2.07. The standard InChI is InChI=1S/C16H13N7O/c24-14-16(3-4-16)10-7-18-15(22-13(10)21-14)20-11-8-19-23-12(11)9-1-5-17-6-2-9/h1-2,5-8H,3-4H2,(H,19,23)(H2,18,20,21,22,24). The minimum atomic E-state index is -0.369. The quantitative estimate of drug-likeness (QED) is 0.681. The molecule has 0 atom stereocenters. The molecule has 8 heteroatoms. The first-order valence-electron chi connectivity index (χ1n) is 7.66. The van der Waals surface area contributed by atoms with Gasteiger partial charge in [0.15, 0.2) is 0 Å². The third kappa shape index (κ3) is 1.82. The van der Waals surface area contributed by atoms with Gasteiger partial charge in [-0.05, 0) is 25.0 Å². The van der Waals surface area contributed by atoms with E-state index in [9.17, 15) is 4.79 Å². The van der Waals surface area contributed by atoms with E-state index >= 15 is 0 Å². The lowest BCUT2D eigenvalue weighted by Crippen LogP contribution is -2.18. The lowest BCUT2D eigenvalue weighted by atomic mass is 10.0. The number of aromatic amines is 1. The van der Waals surface area contributed by atoms with Crippen LogP contribution in [0.25, 0.3) is 11.3 Å². The van der Waals surface area contributed by atoms with E-state index < -0.39 is 0 Å². The molecular formula is C16H13N7O. The molecule has 1 amide bonds. The molecule has 3 N–H and O–H groups in total. The van der Waals surface area contributed by atoms with Crippen molar-refractivity contribution in [3.63, 3.8) is 0 Å². The van der Waals surface area contributed by atoms with Gasteiger partial charge in [-0.1, -0.05) is 0 Å². The Morgan fingerprint density at radius 1 is 1.17 bits per heavy atom. The first kappa shape index (κ1) is 13.2. The van der Waals surface area contributed by atoms with E-state index in [1.54, 1.807) is 24.8 Å². The number of pyridine rings is 1. The van der Waals surface area contributed by atoms with E-state index in [1.807, 2.05) is 12.1 Å². The highest BCUT2D eigenvalue weighted by Crippen LogP contribution is 2.54. The molecule has 0 saturated heterocycles. The SMILES string of the molecule is O=C1Nc2nc(Nc3cn[nH]c3-c3ccncc3)ncc2C12CC2. The molecule has 5 rings (SSSR count). The molecule has 0 bridgehead atoms. The molecule has 0 radical (unpaired) electrons. The van der Waals surface area contributed by atoms with Gasteiger partial charge < -0.3 is 10.6 Å². The van der Waals surface area contributed by atoms with Crippen LogP contribution in [-0.2, 0) is 10.2 Å². The van der Waals surface area contributed by atoms with Crippen molar-refractivity contribution in [1.82, 2.24) is 25.1 Å². The fourth-order valence-corrected chi connectivity index (χ4v) is 3.10. The molecule has 1 aliphatic carbocycles. The summed E-state index contributed by atoms with van der Waals surface area (Å²) in [6.45, 7) is 0. The van der Waals surface area contributed by atoms with Crippen LogP contribution in [0.5, 0.6) is 0 Å². The van der Waals surface area contributed by atoms with E-state index in [0.29, 0.717) is 11.8 Å². The van der Waals surface area contributed by atoms with Crippen LogP contribution in [0, 0.1) is 0 Å². The monoisotopic (exact) mass is 319 g/mol. The number of H-pyrrole nitrogens is 1. The van der Waals surface area contributed by atoms with Crippen LogP contribution in [-0.4, -0.2) is 31.1 Å². The molecule has 0 aromatic carbocycles. The van der Waals surface area contributed by atoms with Crippen molar-refractivity contribution in [2.45, 2.75) is 18.3 Å². The van der Waals surface area contributed by atoms with Gasteiger partial charge in [-0.15, -0.1) is 0 Å². The van der Waals surface area contributed by atoms with Gasteiger partial charge in [-0.25, -0.2) is 4.98 Å². The summed E-state index contributed by atoms with van der Waals surface area (Å²) in [6, 6.07) is 3.78. The summed E-state index contributed by atoms with van der Waals surface area (Å²) in [4.78, 5) is 24.9. The maximum absolute atomic E-state index is 12.1. The molecular weight excluding hydrogens is 306 g/mol. The number of nitrogens with zero attached hydrogens (tertiary/aromatic N) is 4. The normalized spacial score (nSPS) is 16.8. The maximum Gasteiger partial charge on any atom is 0.236 e. The second-order valence-electron chi connectivity index (χ2n) is 6.01. The molecule has 3 aromatic rings. The molecule has 3 aromatic heterocycles. The smallest absolute Gasteiger partial charge is 0.236 e. The zero-order valence-corrected chi connectivity index (χ0v) is 12.6. The van der Waals surface area contributed by atoms with Gasteiger partial charge >= 0.3 is 0 Å². The third-order valence-electron chi connectivity index (χ3n) is 4.58. The number of nitrogens with one attached hydrogen (secondary N) is 3. The van der Waals surface area contributed by atoms with Crippen LogP contribution >= 0.6 is 0 Å². The highest BCUT2D eigenvalue weighted by molar-refractivity contribution is 6.07. The van der Waals surface area contributed by atoms with Gasteiger partial charge in [0.25, 0.3) is 0 Å². The Bertz CT molecular complexity index is 946. The average Bonchev–Trinajstić information content (AvgIpc) is 3.20. The molecule has 1 spiro atoms. The molecule has 1 fully saturated rings. The highest BCUT2D eigenvalue weighted by Gasteiger charge is 2.57. The van der Waals surface area contributed by atoms with E-state index in [1.165, 1.54) is 0 Å². The minimum Gasteiger partial charge on any atom is -0.321 e. The van der Waals surface area contributed by atoms with Crippen LogP contribution < -0.4 is 10.6 Å². The molecule has 1 aliphatic heterocycles. The number of hydrogen-bond acceptors (Lipinski definition) is 6. The van der Waals surface area contributed by atoms with Crippen molar-refractivity contribution < 1.29 is 4.79 Å². The zero-order chi connectivity index (χ0) is 16.1. The Kier molecular flexibility index (Phi) is 2.53. The van der Waals surface area contributed by atoms with Crippen molar-refractivity contribution in [2.75, 3.05) is 10.6 Å². The van der Waals surface area contributed by atoms with Crippen LogP contribution in [0.2, 0.25) is 0 Å². The molecule has 118 valence electrons. The number of carbonyl (C=O) groups is 1. The Hall–Kier alpha value is -3.29. The fraction of sp³-hybridized carbons (Fsp3) is 0.188. The van der Waals surface area contributed by atoms with Gasteiger partial charge in [-0.2, -0.15) is 10.1 Å². The van der Waals surface area contributed by atoms with E-state index in [4.69, 9.17) is 0 Å².